The third-order valence-electron chi connectivity index (χ3n) is 4.35. The largest absolute Gasteiger partial charge is 0.356 e. The van der Waals surface area contributed by atoms with Crippen LogP contribution in [0.15, 0.2) is 9.59 Å². The van der Waals surface area contributed by atoms with Crippen molar-refractivity contribution in [3.05, 3.63) is 20.0 Å². The molecule has 3 rings (SSSR count). The van der Waals surface area contributed by atoms with E-state index in [2.05, 4.69) is 29.1 Å². The number of fused-ring (bicyclic) bond motifs is 1. The fourth-order valence-electron chi connectivity index (χ4n) is 3.11. The first kappa shape index (κ1) is 17.9. The van der Waals surface area contributed by atoms with E-state index >= 15 is 0 Å². The molecule has 0 aromatic carbocycles. The molecule has 0 radical (unpaired) electrons. The Morgan fingerprint density at radius 2 is 2.12 bits per heavy atom. The topological polar surface area (TPSA) is 92.2 Å². The number of H-pyrrole nitrogens is 1. The predicted octanol–water partition coefficient (Wildman–Crippen LogP) is 2.19. The molecular formula is C16H25N5O3S. The highest BCUT2D eigenvalue weighted by Crippen LogP contribution is 2.26. The zero-order chi connectivity index (χ0) is 18.0. The van der Waals surface area contributed by atoms with E-state index in [1.807, 2.05) is 6.92 Å². The van der Waals surface area contributed by atoms with Crippen LogP contribution in [0, 0.1) is 0 Å². The summed E-state index contributed by atoms with van der Waals surface area (Å²) in [6.45, 7) is 6.91. The van der Waals surface area contributed by atoms with Gasteiger partial charge in [0.2, 0.25) is 5.95 Å². The van der Waals surface area contributed by atoms with Crippen LogP contribution in [-0.4, -0.2) is 33.3 Å². The third-order valence-corrected chi connectivity index (χ3v) is 5.27. The molecule has 0 aliphatic carbocycles. The predicted molar refractivity (Wildman–Crippen MR) is 100.0 cm³/mol. The standard InChI is InChI=1S/C16H25N5O3S/c1-4-7-11-9-10(6-3)21(24-11)20-13-12(25-16(20)23)14(22)19-15(18-13)17-8-5-2/h10-11H,4-9H2,1-3H3,(H2,17,18,19,22). The van der Waals surface area contributed by atoms with Crippen LogP contribution in [0.25, 0.3) is 10.3 Å². The van der Waals surface area contributed by atoms with Crippen LogP contribution >= 0.6 is 11.3 Å². The minimum atomic E-state index is -0.304. The summed E-state index contributed by atoms with van der Waals surface area (Å²) >= 11 is 0.904. The average Bonchev–Trinajstić information content (AvgIpc) is 3.13. The lowest BCUT2D eigenvalue weighted by Gasteiger charge is -2.24. The SMILES string of the molecule is CCCNc1nc2c(sc(=O)n2N2OC(CCC)CC2CC)c(=O)[nH]1. The van der Waals surface area contributed by atoms with Crippen molar-refractivity contribution in [2.24, 2.45) is 0 Å². The molecule has 0 spiro atoms. The Bertz CT molecular complexity index is 842. The van der Waals surface area contributed by atoms with Gasteiger partial charge in [0.05, 0.1) is 12.1 Å². The summed E-state index contributed by atoms with van der Waals surface area (Å²) in [5.41, 5.74) is 0.0507. The van der Waals surface area contributed by atoms with Gasteiger partial charge in [0.15, 0.2) is 5.65 Å². The summed E-state index contributed by atoms with van der Waals surface area (Å²) in [7, 11) is 0. The molecule has 2 unspecified atom stereocenters. The number of hydroxylamine groups is 1. The number of nitrogens with one attached hydrogen (secondary N) is 2. The fourth-order valence-corrected chi connectivity index (χ4v) is 3.90. The van der Waals surface area contributed by atoms with Crippen LogP contribution < -0.4 is 20.9 Å². The highest BCUT2D eigenvalue weighted by molar-refractivity contribution is 7.16. The lowest BCUT2D eigenvalue weighted by atomic mass is 10.1. The highest BCUT2D eigenvalue weighted by atomic mass is 32.1. The van der Waals surface area contributed by atoms with E-state index in [4.69, 9.17) is 4.84 Å². The first-order valence-corrected chi connectivity index (χ1v) is 9.76. The van der Waals surface area contributed by atoms with Crippen LogP contribution in [0.4, 0.5) is 5.95 Å². The van der Waals surface area contributed by atoms with Crippen molar-refractivity contribution in [2.45, 2.75) is 65.0 Å². The van der Waals surface area contributed by atoms with E-state index in [-0.39, 0.29) is 22.6 Å². The molecule has 1 aliphatic heterocycles. The second kappa shape index (κ2) is 7.57. The summed E-state index contributed by atoms with van der Waals surface area (Å²) in [6, 6.07) is 0.0974. The number of anilines is 1. The molecule has 0 saturated carbocycles. The number of rotatable bonds is 7. The number of aromatic nitrogens is 3. The van der Waals surface area contributed by atoms with Crippen molar-refractivity contribution >= 4 is 27.6 Å². The Balaban J connectivity index is 2.05. The van der Waals surface area contributed by atoms with Gasteiger partial charge in [0.25, 0.3) is 5.56 Å². The van der Waals surface area contributed by atoms with Crippen LogP contribution in [0.5, 0.6) is 0 Å². The maximum atomic E-state index is 12.6. The molecule has 2 atom stereocenters. The maximum absolute atomic E-state index is 12.6. The van der Waals surface area contributed by atoms with E-state index in [1.165, 1.54) is 4.68 Å². The monoisotopic (exact) mass is 367 g/mol. The molecule has 2 aromatic rings. The van der Waals surface area contributed by atoms with E-state index in [1.54, 1.807) is 5.17 Å². The van der Waals surface area contributed by atoms with Gasteiger partial charge < -0.3 is 5.32 Å². The molecule has 3 heterocycles. The fraction of sp³-hybridized carbons (Fsp3) is 0.688. The van der Waals surface area contributed by atoms with Gasteiger partial charge in [-0.05, 0) is 19.3 Å². The van der Waals surface area contributed by atoms with Crippen LogP contribution in [0.2, 0.25) is 0 Å². The summed E-state index contributed by atoms with van der Waals surface area (Å²) in [5.74, 6) is 0.378. The minimum absolute atomic E-state index is 0.0940. The lowest BCUT2D eigenvalue weighted by Crippen LogP contribution is -2.42. The molecule has 8 nitrogen and oxygen atoms in total. The molecule has 9 heteroatoms. The molecule has 1 aliphatic rings. The second-order valence-electron chi connectivity index (χ2n) is 6.29. The first-order valence-electron chi connectivity index (χ1n) is 8.95. The summed E-state index contributed by atoms with van der Waals surface area (Å²) in [4.78, 5) is 37.8. The zero-order valence-electron chi connectivity index (χ0n) is 14.9. The number of hydrogen-bond acceptors (Lipinski definition) is 7. The number of hydrogen-bond donors (Lipinski definition) is 2. The number of thiazole rings is 1. The van der Waals surface area contributed by atoms with Gasteiger partial charge in [-0.15, -0.1) is 0 Å². The van der Waals surface area contributed by atoms with Crippen molar-refractivity contribution in [1.29, 1.82) is 0 Å². The quantitative estimate of drug-likeness (QED) is 0.779. The molecule has 138 valence electrons. The molecule has 25 heavy (non-hydrogen) atoms. The molecule has 0 bridgehead atoms. The molecule has 0 amide bonds. The van der Waals surface area contributed by atoms with Gasteiger partial charge in [-0.1, -0.05) is 38.5 Å². The van der Waals surface area contributed by atoms with E-state index in [0.29, 0.717) is 22.8 Å². The van der Waals surface area contributed by atoms with Crippen molar-refractivity contribution in [3.8, 4) is 0 Å². The van der Waals surface area contributed by atoms with Crippen molar-refractivity contribution in [3.63, 3.8) is 0 Å². The van der Waals surface area contributed by atoms with E-state index in [9.17, 15) is 9.59 Å². The normalized spacial score (nSPS) is 20.5. The minimum Gasteiger partial charge on any atom is -0.356 e. The van der Waals surface area contributed by atoms with Gasteiger partial charge in [-0.3, -0.25) is 19.4 Å². The Kier molecular flexibility index (Phi) is 5.43. The van der Waals surface area contributed by atoms with Crippen molar-refractivity contribution < 1.29 is 4.84 Å². The Morgan fingerprint density at radius 3 is 2.80 bits per heavy atom. The molecule has 2 N–H and O–H groups in total. The van der Waals surface area contributed by atoms with E-state index in [0.717, 1.165) is 43.4 Å². The molecule has 1 saturated heterocycles. The zero-order valence-corrected chi connectivity index (χ0v) is 15.7. The van der Waals surface area contributed by atoms with Crippen molar-refractivity contribution in [1.82, 2.24) is 14.6 Å². The van der Waals surface area contributed by atoms with Gasteiger partial charge in [0.1, 0.15) is 4.70 Å². The number of aromatic amines is 1. The van der Waals surface area contributed by atoms with Gasteiger partial charge in [-0.2, -0.15) is 14.8 Å². The lowest BCUT2D eigenvalue weighted by molar-refractivity contribution is 0.0354. The third kappa shape index (κ3) is 3.43. The van der Waals surface area contributed by atoms with Gasteiger partial charge in [0, 0.05) is 13.0 Å². The summed E-state index contributed by atoms with van der Waals surface area (Å²) in [6.07, 6.45) is 4.70. The summed E-state index contributed by atoms with van der Waals surface area (Å²) < 4.78 is 1.75. The Morgan fingerprint density at radius 1 is 1.32 bits per heavy atom. The van der Waals surface area contributed by atoms with E-state index < -0.39 is 0 Å². The smallest absolute Gasteiger partial charge is 0.330 e. The Labute approximate surface area is 149 Å². The number of nitrogens with zero attached hydrogens (tertiary/aromatic N) is 3. The van der Waals surface area contributed by atoms with Gasteiger partial charge >= 0.3 is 4.87 Å². The average molecular weight is 367 g/mol. The molecule has 2 aromatic heterocycles. The molecular weight excluding hydrogens is 342 g/mol. The van der Waals surface area contributed by atoms with Gasteiger partial charge in [-0.25, -0.2) is 0 Å². The first-order chi connectivity index (χ1) is 12.1. The van der Waals surface area contributed by atoms with Crippen molar-refractivity contribution in [2.75, 3.05) is 17.0 Å². The molecule has 1 fully saturated rings. The van der Waals surface area contributed by atoms with Crippen LogP contribution in [0.1, 0.15) is 52.9 Å². The Hall–Kier alpha value is -1.87. The summed E-state index contributed by atoms with van der Waals surface area (Å²) in [5, 5.41) is 4.71. The van der Waals surface area contributed by atoms with Crippen LogP contribution in [-0.2, 0) is 4.84 Å². The highest BCUT2D eigenvalue weighted by Gasteiger charge is 2.35. The maximum Gasteiger partial charge on any atom is 0.330 e. The van der Waals surface area contributed by atoms with Crippen LogP contribution in [0.3, 0.4) is 0 Å². The second-order valence-corrected chi connectivity index (χ2v) is 7.25.